The van der Waals surface area contributed by atoms with Crippen molar-refractivity contribution in [2.45, 2.75) is 34.2 Å². The molecule has 154 valence electrons. The van der Waals surface area contributed by atoms with Gasteiger partial charge in [-0.25, -0.2) is 4.79 Å². The van der Waals surface area contributed by atoms with Crippen LogP contribution in [0.4, 0.5) is 0 Å². The average molecular weight is 418 g/mol. The molecule has 0 bridgehead atoms. The first-order valence-electron chi connectivity index (χ1n) is 9.19. The largest absolute Gasteiger partial charge is 0.482 e. The second-order valence-electron chi connectivity index (χ2n) is 7.23. The number of ether oxygens (including phenoxy) is 1. The highest BCUT2D eigenvalue weighted by atomic mass is 35.5. The fourth-order valence-electron chi connectivity index (χ4n) is 3.18. The highest BCUT2D eigenvalue weighted by molar-refractivity contribution is 6.32. The molecule has 0 aliphatic rings. The summed E-state index contributed by atoms with van der Waals surface area (Å²) in [7, 11) is 3.59. The Morgan fingerprint density at radius 1 is 1.24 bits per heavy atom. The van der Waals surface area contributed by atoms with Crippen LogP contribution in [0.3, 0.4) is 0 Å². The summed E-state index contributed by atoms with van der Waals surface area (Å²) in [5, 5.41) is 5.46. The molecule has 0 aliphatic carbocycles. The number of likely N-dealkylation sites (N-methyl/N-ethyl adjacent to an activating group) is 1. The Labute approximate surface area is 173 Å². The Kier molecular flexibility index (Phi) is 5.71. The number of fused-ring (bicyclic) bond motifs is 1. The third-order valence-electron chi connectivity index (χ3n) is 5.34. The zero-order valence-corrected chi connectivity index (χ0v) is 18.2. The summed E-state index contributed by atoms with van der Waals surface area (Å²) in [6.07, 6.45) is 0. The van der Waals surface area contributed by atoms with Crippen LogP contribution in [0.2, 0.25) is 5.02 Å². The summed E-state index contributed by atoms with van der Waals surface area (Å²) in [6, 6.07) is 3.24. The van der Waals surface area contributed by atoms with Crippen molar-refractivity contribution < 1.29 is 13.9 Å². The Morgan fingerprint density at radius 3 is 2.55 bits per heavy atom. The summed E-state index contributed by atoms with van der Waals surface area (Å²) < 4.78 is 12.8. The molecule has 8 heteroatoms. The van der Waals surface area contributed by atoms with E-state index in [1.165, 1.54) is 0 Å². The number of hydrogen-bond acceptors (Lipinski definition) is 5. The van der Waals surface area contributed by atoms with Crippen molar-refractivity contribution >= 4 is 28.5 Å². The first kappa shape index (κ1) is 20.9. The molecule has 0 radical (unpaired) electrons. The number of benzene rings is 1. The zero-order chi connectivity index (χ0) is 21.5. The number of nitrogens with zero attached hydrogens (tertiary/aromatic N) is 3. The van der Waals surface area contributed by atoms with Crippen LogP contribution < -0.4 is 10.4 Å². The smallest absolute Gasteiger partial charge is 0.339 e. The summed E-state index contributed by atoms with van der Waals surface area (Å²) in [5.41, 5.74) is 4.24. The fourth-order valence-corrected chi connectivity index (χ4v) is 3.39. The number of carbonyl (C=O) groups is 1. The normalized spacial score (nSPS) is 11.1. The minimum absolute atomic E-state index is 0.185. The first-order valence-corrected chi connectivity index (χ1v) is 9.57. The topological polar surface area (TPSA) is 77.6 Å². The average Bonchev–Trinajstić information content (AvgIpc) is 2.91. The molecule has 0 saturated carbocycles. The molecule has 0 fully saturated rings. The second kappa shape index (κ2) is 7.91. The minimum Gasteiger partial charge on any atom is -0.482 e. The van der Waals surface area contributed by atoms with Crippen molar-refractivity contribution in [2.75, 3.05) is 13.7 Å². The lowest BCUT2D eigenvalue weighted by molar-refractivity contribution is -0.132. The first-order chi connectivity index (χ1) is 13.6. The van der Waals surface area contributed by atoms with E-state index in [1.54, 1.807) is 35.7 Å². The monoisotopic (exact) mass is 417 g/mol. The van der Waals surface area contributed by atoms with Gasteiger partial charge in [0.25, 0.3) is 5.91 Å². The third-order valence-corrected chi connectivity index (χ3v) is 5.64. The van der Waals surface area contributed by atoms with Crippen LogP contribution in [0.5, 0.6) is 5.75 Å². The molecule has 0 saturated heterocycles. The van der Waals surface area contributed by atoms with E-state index in [-0.39, 0.29) is 12.5 Å². The van der Waals surface area contributed by atoms with Crippen LogP contribution in [-0.2, 0) is 18.4 Å². The van der Waals surface area contributed by atoms with Gasteiger partial charge in [0.15, 0.2) is 6.61 Å². The standard InChI is InChI=1S/C21H24ClN3O4/c1-11-12(2)21(27)29-18-8-19(17(22)7-15(11)18)28-10-20(26)24(5)9-16-13(3)23-25(6)14(16)4/h7-8H,9-10H2,1-6H3. The van der Waals surface area contributed by atoms with Gasteiger partial charge in [0.2, 0.25) is 0 Å². The van der Waals surface area contributed by atoms with Crippen LogP contribution in [0.25, 0.3) is 11.0 Å². The van der Waals surface area contributed by atoms with Crippen molar-refractivity contribution in [2.24, 2.45) is 7.05 Å². The molecule has 1 aromatic carbocycles. The molecular weight excluding hydrogens is 394 g/mol. The minimum atomic E-state index is -0.402. The van der Waals surface area contributed by atoms with E-state index in [4.69, 9.17) is 20.8 Å². The summed E-state index contributed by atoms with van der Waals surface area (Å²) >= 11 is 6.32. The number of hydrogen-bond donors (Lipinski definition) is 0. The van der Waals surface area contributed by atoms with E-state index in [0.717, 1.165) is 27.9 Å². The van der Waals surface area contributed by atoms with Gasteiger partial charge >= 0.3 is 5.63 Å². The quantitative estimate of drug-likeness (QED) is 0.594. The summed E-state index contributed by atoms with van der Waals surface area (Å²) in [5.74, 6) is 0.0893. The molecule has 2 heterocycles. The molecule has 2 aromatic heterocycles. The summed E-state index contributed by atoms with van der Waals surface area (Å²) in [4.78, 5) is 26.0. The maximum absolute atomic E-state index is 12.5. The van der Waals surface area contributed by atoms with Crippen LogP contribution in [0, 0.1) is 27.7 Å². The van der Waals surface area contributed by atoms with Crippen LogP contribution in [-0.4, -0.2) is 34.2 Å². The second-order valence-corrected chi connectivity index (χ2v) is 7.64. The van der Waals surface area contributed by atoms with Gasteiger partial charge < -0.3 is 14.1 Å². The molecule has 3 aromatic rings. The Balaban J connectivity index is 1.76. The van der Waals surface area contributed by atoms with E-state index in [9.17, 15) is 9.59 Å². The van der Waals surface area contributed by atoms with E-state index in [2.05, 4.69) is 5.10 Å². The molecule has 0 aliphatic heterocycles. The molecule has 0 atom stereocenters. The van der Waals surface area contributed by atoms with Crippen molar-refractivity contribution in [1.29, 1.82) is 0 Å². The number of aryl methyl sites for hydroxylation is 3. The van der Waals surface area contributed by atoms with Crippen LogP contribution in [0.15, 0.2) is 21.3 Å². The van der Waals surface area contributed by atoms with E-state index in [0.29, 0.717) is 28.5 Å². The Morgan fingerprint density at radius 2 is 1.93 bits per heavy atom. The van der Waals surface area contributed by atoms with Gasteiger partial charge in [0.05, 0.1) is 10.7 Å². The van der Waals surface area contributed by atoms with Gasteiger partial charge in [-0.1, -0.05) is 11.6 Å². The predicted molar refractivity (Wildman–Crippen MR) is 112 cm³/mol. The van der Waals surface area contributed by atoms with Crippen molar-refractivity contribution in [3.05, 3.63) is 55.7 Å². The van der Waals surface area contributed by atoms with Crippen molar-refractivity contribution in [3.63, 3.8) is 0 Å². The lowest BCUT2D eigenvalue weighted by Gasteiger charge is -2.18. The van der Waals surface area contributed by atoms with Crippen molar-refractivity contribution in [1.82, 2.24) is 14.7 Å². The van der Waals surface area contributed by atoms with E-state index >= 15 is 0 Å². The maximum atomic E-state index is 12.5. The number of rotatable bonds is 5. The molecule has 0 N–H and O–H groups in total. The van der Waals surface area contributed by atoms with Gasteiger partial charge in [-0.2, -0.15) is 5.10 Å². The number of aromatic nitrogens is 2. The number of amides is 1. The van der Waals surface area contributed by atoms with E-state index < -0.39 is 5.63 Å². The zero-order valence-electron chi connectivity index (χ0n) is 17.4. The van der Waals surface area contributed by atoms with Crippen LogP contribution >= 0.6 is 11.6 Å². The third kappa shape index (κ3) is 4.00. The van der Waals surface area contributed by atoms with Gasteiger partial charge in [-0.3, -0.25) is 9.48 Å². The highest BCUT2D eigenvalue weighted by Crippen LogP contribution is 2.31. The maximum Gasteiger partial charge on any atom is 0.339 e. The fraction of sp³-hybridized carbons (Fsp3) is 0.381. The lowest BCUT2D eigenvalue weighted by Crippen LogP contribution is -2.31. The SMILES string of the molecule is Cc1nn(C)c(C)c1CN(C)C(=O)COc1cc2oc(=O)c(C)c(C)c2cc1Cl. The Bertz CT molecular complexity index is 1160. The van der Waals surface area contributed by atoms with Gasteiger partial charge in [0.1, 0.15) is 11.3 Å². The molecule has 1 amide bonds. The van der Waals surface area contributed by atoms with Crippen molar-refractivity contribution in [3.8, 4) is 5.75 Å². The number of carbonyl (C=O) groups excluding carboxylic acids is 1. The van der Waals surface area contributed by atoms with Crippen LogP contribution in [0.1, 0.15) is 28.1 Å². The van der Waals surface area contributed by atoms with E-state index in [1.807, 2.05) is 27.8 Å². The highest BCUT2D eigenvalue weighted by Gasteiger charge is 2.17. The molecular formula is C21H24ClN3O4. The van der Waals surface area contributed by atoms with Gasteiger partial charge in [0, 0.05) is 48.9 Å². The Hall–Kier alpha value is -2.80. The molecule has 3 rings (SSSR count). The predicted octanol–water partition coefficient (Wildman–Crippen LogP) is 3.45. The summed E-state index contributed by atoms with van der Waals surface area (Å²) in [6.45, 7) is 7.69. The lowest BCUT2D eigenvalue weighted by atomic mass is 10.1. The molecule has 0 spiro atoms. The van der Waals surface area contributed by atoms with Gasteiger partial charge in [-0.15, -0.1) is 0 Å². The molecule has 29 heavy (non-hydrogen) atoms. The number of halogens is 1. The van der Waals surface area contributed by atoms with Gasteiger partial charge in [-0.05, 0) is 39.3 Å². The molecule has 0 unspecified atom stereocenters. The molecule has 7 nitrogen and oxygen atoms in total.